The van der Waals surface area contributed by atoms with Crippen molar-refractivity contribution < 1.29 is 0 Å². The highest BCUT2D eigenvalue weighted by Gasteiger charge is 2.13. The highest BCUT2D eigenvalue weighted by atomic mass is 32.1. The molecule has 2 aromatic heterocycles. The van der Waals surface area contributed by atoms with Gasteiger partial charge in [0.05, 0.1) is 11.0 Å². The molecule has 0 atom stereocenters. The summed E-state index contributed by atoms with van der Waals surface area (Å²) in [5.74, 6) is 0.799. The first-order valence-corrected chi connectivity index (χ1v) is 7.26. The minimum Gasteiger partial charge on any atom is -0.343 e. The Morgan fingerprint density at radius 1 is 1.10 bits per heavy atom. The van der Waals surface area contributed by atoms with Crippen molar-refractivity contribution in [3.05, 3.63) is 46.5 Å². The standard InChI is InChI=1S/C15H13N5S/c21-15-10-8-16-4-3-11(10)19-14(20-15)9-1-2-12-13(7-9)18-6-5-17-12/h1-2,5-7,16H,3-4,8H2,(H,19,20,21). The van der Waals surface area contributed by atoms with Crippen LogP contribution in [0.25, 0.3) is 22.4 Å². The molecule has 1 aliphatic heterocycles. The molecule has 0 bridgehead atoms. The number of nitrogens with zero attached hydrogens (tertiary/aromatic N) is 3. The predicted molar refractivity (Wildman–Crippen MR) is 83.4 cm³/mol. The summed E-state index contributed by atoms with van der Waals surface area (Å²) in [7, 11) is 0. The van der Waals surface area contributed by atoms with Gasteiger partial charge in [-0.25, -0.2) is 4.98 Å². The Morgan fingerprint density at radius 2 is 1.95 bits per heavy atom. The molecule has 0 radical (unpaired) electrons. The average Bonchev–Trinajstić information content (AvgIpc) is 2.54. The number of H-pyrrole nitrogens is 1. The van der Waals surface area contributed by atoms with E-state index in [0.29, 0.717) is 4.64 Å². The van der Waals surface area contributed by atoms with Gasteiger partial charge in [-0.05, 0) is 18.2 Å². The Kier molecular flexibility index (Phi) is 2.98. The van der Waals surface area contributed by atoms with Crippen molar-refractivity contribution in [3.8, 4) is 11.4 Å². The van der Waals surface area contributed by atoms with E-state index in [1.807, 2.05) is 18.2 Å². The Labute approximate surface area is 126 Å². The molecule has 0 spiro atoms. The predicted octanol–water partition coefficient (Wildman–Crippen LogP) is 2.40. The first kappa shape index (κ1) is 12.6. The second kappa shape index (κ2) is 4.98. The fourth-order valence-corrected chi connectivity index (χ4v) is 2.90. The minimum absolute atomic E-state index is 0.671. The lowest BCUT2D eigenvalue weighted by Crippen LogP contribution is -2.25. The lowest BCUT2D eigenvalue weighted by molar-refractivity contribution is 0.624. The van der Waals surface area contributed by atoms with E-state index in [1.165, 1.54) is 5.69 Å². The molecule has 0 amide bonds. The summed E-state index contributed by atoms with van der Waals surface area (Å²) >= 11 is 5.42. The number of aromatic nitrogens is 4. The van der Waals surface area contributed by atoms with E-state index >= 15 is 0 Å². The van der Waals surface area contributed by atoms with Gasteiger partial charge in [0.1, 0.15) is 10.5 Å². The van der Waals surface area contributed by atoms with Gasteiger partial charge in [-0.3, -0.25) is 9.97 Å². The average molecular weight is 295 g/mol. The molecule has 6 heteroatoms. The molecule has 104 valence electrons. The first-order chi connectivity index (χ1) is 10.3. The van der Waals surface area contributed by atoms with Crippen LogP contribution in [-0.2, 0) is 13.0 Å². The van der Waals surface area contributed by atoms with Crippen LogP contribution in [-0.4, -0.2) is 26.5 Å². The van der Waals surface area contributed by atoms with Crippen LogP contribution in [0.3, 0.4) is 0 Å². The van der Waals surface area contributed by atoms with E-state index in [4.69, 9.17) is 12.2 Å². The smallest absolute Gasteiger partial charge is 0.139 e. The molecule has 3 aromatic rings. The summed E-state index contributed by atoms with van der Waals surface area (Å²) in [6.45, 7) is 1.76. The van der Waals surface area contributed by atoms with E-state index in [9.17, 15) is 0 Å². The van der Waals surface area contributed by atoms with Gasteiger partial charge >= 0.3 is 0 Å². The van der Waals surface area contributed by atoms with Crippen molar-refractivity contribution >= 4 is 23.3 Å². The summed E-state index contributed by atoms with van der Waals surface area (Å²) in [4.78, 5) is 16.6. The van der Waals surface area contributed by atoms with Gasteiger partial charge in [0.25, 0.3) is 0 Å². The maximum absolute atomic E-state index is 5.42. The van der Waals surface area contributed by atoms with Crippen LogP contribution in [0.4, 0.5) is 0 Å². The topological polar surface area (TPSA) is 66.5 Å². The number of nitrogens with one attached hydrogen (secondary N) is 2. The second-order valence-electron chi connectivity index (χ2n) is 5.03. The zero-order valence-electron chi connectivity index (χ0n) is 11.3. The summed E-state index contributed by atoms with van der Waals surface area (Å²) in [5, 5.41) is 3.32. The number of benzene rings is 1. The Morgan fingerprint density at radius 3 is 2.86 bits per heavy atom. The highest BCUT2D eigenvalue weighted by Crippen LogP contribution is 2.22. The van der Waals surface area contributed by atoms with Gasteiger partial charge in [-0.1, -0.05) is 12.2 Å². The molecule has 1 aliphatic rings. The molecule has 0 aliphatic carbocycles. The van der Waals surface area contributed by atoms with E-state index in [0.717, 1.165) is 47.5 Å². The van der Waals surface area contributed by atoms with Crippen LogP contribution in [0.15, 0.2) is 30.6 Å². The van der Waals surface area contributed by atoms with Gasteiger partial charge in [-0.15, -0.1) is 0 Å². The maximum Gasteiger partial charge on any atom is 0.139 e. The molecule has 0 unspecified atom stereocenters. The van der Waals surface area contributed by atoms with Crippen molar-refractivity contribution in [2.45, 2.75) is 13.0 Å². The van der Waals surface area contributed by atoms with Crippen molar-refractivity contribution in [3.63, 3.8) is 0 Å². The van der Waals surface area contributed by atoms with Gasteiger partial charge in [-0.2, -0.15) is 0 Å². The molecule has 1 aromatic carbocycles. The number of aromatic amines is 1. The molecule has 5 nitrogen and oxygen atoms in total. The van der Waals surface area contributed by atoms with Gasteiger partial charge in [0.15, 0.2) is 0 Å². The van der Waals surface area contributed by atoms with Crippen molar-refractivity contribution in [2.75, 3.05) is 6.54 Å². The van der Waals surface area contributed by atoms with Crippen LogP contribution >= 0.6 is 12.2 Å². The molecule has 0 saturated carbocycles. The van der Waals surface area contributed by atoms with Crippen LogP contribution in [0, 0.1) is 4.64 Å². The van der Waals surface area contributed by atoms with E-state index in [1.54, 1.807) is 12.4 Å². The monoisotopic (exact) mass is 295 g/mol. The van der Waals surface area contributed by atoms with Crippen LogP contribution in [0.2, 0.25) is 0 Å². The number of fused-ring (bicyclic) bond motifs is 2. The Balaban J connectivity index is 1.88. The van der Waals surface area contributed by atoms with Crippen LogP contribution in [0.5, 0.6) is 0 Å². The van der Waals surface area contributed by atoms with Gasteiger partial charge < -0.3 is 10.3 Å². The van der Waals surface area contributed by atoms with Crippen LogP contribution < -0.4 is 5.32 Å². The SMILES string of the molecule is S=c1nc(-c2ccc3nccnc3c2)[nH]c2c1CNCC2. The number of hydrogen-bond donors (Lipinski definition) is 2. The normalized spacial score (nSPS) is 14.1. The highest BCUT2D eigenvalue weighted by molar-refractivity contribution is 7.71. The third kappa shape index (κ3) is 2.22. The summed E-state index contributed by atoms with van der Waals surface area (Å²) < 4.78 is 0.671. The molecule has 4 rings (SSSR count). The van der Waals surface area contributed by atoms with E-state index in [-0.39, 0.29) is 0 Å². The fourth-order valence-electron chi connectivity index (χ4n) is 2.61. The quantitative estimate of drug-likeness (QED) is 0.675. The summed E-state index contributed by atoms with van der Waals surface area (Å²) in [6.07, 6.45) is 4.34. The second-order valence-corrected chi connectivity index (χ2v) is 5.42. The third-order valence-electron chi connectivity index (χ3n) is 3.70. The Hall–Kier alpha value is -2.18. The molecule has 2 N–H and O–H groups in total. The summed E-state index contributed by atoms with van der Waals surface area (Å²) in [6, 6.07) is 5.94. The molecule has 0 fully saturated rings. The van der Waals surface area contributed by atoms with Crippen LogP contribution in [0.1, 0.15) is 11.3 Å². The molecular weight excluding hydrogens is 282 g/mol. The third-order valence-corrected chi connectivity index (χ3v) is 4.04. The molecule has 21 heavy (non-hydrogen) atoms. The van der Waals surface area contributed by atoms with E-state index < -0.39 is 0 Å². The lowest BCUT2D eigenvalue weighted by Gasteiger charge is -2.17. The largest absolute Gasteiger partial charge is 0.343 e. The molecule has 0 saturated heterocycles. The lowest BCUT2D eigenvalue weighted by atomic mass is 10.1. The van der Waals surface area contributed by atoms with Crippen molar-refractivity contribution in [1.82, 2.24) is 25.3 Å². The number of hydrogen-bond acceptors (Lipinski definition) is 5. The molecular formula is C15H13N5S. The number of rotatable bonds is 1. The fraction of sp³-hybridized carbons (Fsp3) is 0.200. The van der Waals surface area contributed by atoms with Gasteiger partial charge in [0.2, 0.25) is 0 Å². The van der Waals surface area contributed by atoms with Crippen molar-refractivity contribution in [2.24, 2.45) is 0 Å². The first-order valence-electron chi connectivity index (χ1n) is 6.85. The van der Waals surface area contributed by atoms with Crippen molar-refractivity contribution in [1.29, 1.82) is 0 Å². The minimum atomic E-state index is 0.671. The van der Waals surface area contributed by atoms with Gasteiger partial charge in [0, 0.05) is 48.7 Å². The summed E-state index contributed by atoms with van der Waals surface area (Å²) in [5.41, 5.74) is 5.01. The molecule has 3 heterocycles. The maximum atomic E-state index is 5.42. The zero-order chi connectivity index (χ0) is 14.2. The zero-order valence-corrected chi connectivity index (χ0v) is 12.1. The van der Waals surface area contributed by atoms with E-state index in [2.05, 4.69) is 25.3 Å². The Bertz CT molecular complexity index is 887.